The van der Waals surface area contributed by atoms with Gasteiger partial charge in [0.25, 0.3) is 5.91 Å². The van der Waals surface area contributed by atoms with Crippen LogP contribution in [0.3, 0.4) is 0 Å². The Hall–Kier alpha value is -1.92. The maximum Gasteiger partial charge on any atom is 0.254 e. The van der Waals surface area contributed by atoms with Gasteiger partial charge in [-0.15, -0.1) is 0 Å². The number of sulfone groups is 1. The van der Waals surface area contributed by atoms with Crippen molar-refractivity contribution in [1.82, 2.24) is 4.90 Å². The Balaban J connectivity index is 1.92. The lowest BCUT2D eigenvalue weighted by atomic mass is 10.1. The predicted octanol–water partition coefficient (Wildman–Crippen LogP) is 3.31. The van der Waals surface area contributed by atoms with E-state index in [4.69, 9.17) is 11.6 Å². The first-order valence-electron chi connectivity index (χ1n) is 7.85. The molecule has 1 aliphatic rings. The smallest absolute Gasteiger partial charge is 0.254 e. The maximum absolute atomic E-state index is 13.5. The Kier molecular flexibility index (Phi) is 5.11. The normalized spacial score (nSPS) is 18.9. The summed E-state index contributed by atoms with van der Waals surface area (Å²) in [5.41, 5.74) is 0.993. The summed E-state index contributed by atoms with van der Waals surface area (Å²) in [6.07, 6.45) is 0.379. The van der Waals surface area contributed by atoms with Crippen molar-refractivity contribution in [2.24, 2.45) is 0 Å². The molecule has 132 valence electrons. The zero-order valence-electron chi connectivity index (χ0n) is 13.4. The number of carbonyl (C=O) groups is 1. The third kappa shape index (κ3) is 4.38. The molecule has 0 saturated carbocycles. The fourth-order valence-corrected chi connectivity index (χ4v) is 4.93. The number of hydrogen-bond donors (Lipinski definition) is 0. The van der Waals surface area contributed by atoms with Crippen LogP contribution in [0.25, 0.3) is 0 Å². The Bertz CT molecular complexity index is 901. The topological polar surface area (TPSA) is 54.5 Å². The molecule has 1 heterocycles. The minimum Gasteiger partial charge on any atom is -0.330 e. The van der Waals surface area contributed by atoms with E-state index in [1.165, 1.54) is 17.0 Å². The van der Waals surface area contributed by atoms with E-state index in [2.05, 4.69) is 0 Å². The number of hydrogen-bond acceptors (Lipinski definition) is 3. The Morgan fingerprint density at radius 3 is 2.60 bits per heavy atom. The van der Waals surface area contributed by atoms with Crippen LogP contribution in [0.4, 0.5) is 4.39 Å². The van der Waals surface area contributed by atoms with Gasteiger partial charge in [-0.25, -0.2) is 12.8 Å². The van der Waals surface area contributed by atoms with Gasteiger partial charge in [-0.1, -0.05) is 29.8 Å². The van der Waals surface area contributed by atoms with Gasteiger partial charge in [-0.3, -0.25) is 4.79 Å². The number of carbonyl (C=O) groups excluding carboxylic acids is 1. The average Bonchev–Trinajstić information content (AvgIpc) is 2.92. The van der Waals surface area contributed by atoms with Crippen LogP contribution in [0.5, 0.6) is 0 Å². The zero-order chi connectivity index (χ0) is 18.0. The number of benzene rings is 2. The van der Waals surface area contributed by atoms with Crippen molar-refractivity contribution in [3.05, 3.63) is 70.5 Å². The van der Waals surface area contributed by atoms with Crippen LogP contribution in [0.2, 0.25) is 5.02 Å². The van der Waals surface area contributed by atoms with Crippen molar-refractivity contribution in [1.29, 1.82) is 0 Å². The van der Waals surface area contributed by atoms with E-state index in [0.717, 1.165) is 0 Å². The highest BCUT2D eigenvalue weighted by Gasteiger charge is 2.35. The standard InChI is InChI=1S/C18H17ClFNO3S/c19-15-5-2-4-14(10-15)18(22)21(17-7-8-25(23,24)12-17)11-13-3-1-6-16(20)9-13/h1-6,9-10,17H,7-8,11-12H2/t17-/m1/s1. The second-order valence-corrected chi connectivity index (χ2v) is 8.80. The summed E-state index contributed by atoms with van der Waals surface area (Å²) in [5, 5.41) is 0.426. The van der Waals surface area contributed by atoms with Gasteiger partial charge < -0.3 is 4.90 Å². The van der Waals surface area contributed by atoms with Gasteiger partial charge in [0, 0.05) is 23.2 Å². The lowest BCUT2D eigenvalue weighted by Crippen LogP contribution is -2.40. The van der Waals surface area contributed by atoms with Gasteiger partial charge in [0.15, 0.2) is 9.84 Å². The lowest BCUT2D eigenvalue weighted by Gasteiger charge is -2.28. The van der Waals surface area contributed by atoms with E-state index < -0.39 is 21.7 Å². The first-order valence-corrected chi connectivity index (χ1v) is 10.1. The fraction of sp³-hybridized carbons (Fsp3) is 0.278. The molecule has 1 saturated heterocycles. The summed E-state index contributed by atoms with van der Waals surface area (Å²) < 4.78 is 37.2. The molecule has 0 radical (unpaired) electrons. The first-order chi connectivity index (χ1) is 11.8. The van der Waals surface area contributed by atoms with E-state index in [1.54, 1.807) is 36.4 Å². The fourth-order valence-electron chi connectivity index (χ4n) is 3.01. The van der Waals surface area contributed by atoms with Crippen LogP contribution in [0.15, 0.2) is 48.5 Å². The highest BCUT2D eigenvalue weighted by molar-refractivity contribution is 7.91. The van der Waals surface area contributed by atoms with Crippen LogP contribution in [0.1, 0.15) is 22.3 Å². The van der Waals surface area contributed by atoms with Crippen molar-refractivity contribution < 1.29 is 17.6 Å². The summed E-state index contributed by atoms with van der Waals surface area (Å²) in [6, 6.07) is 12.0. The summed E-state index contributed by atoms with van der Waals surface area (Å²) >= 11 is 5.96. The summed E-state index contributed by atoms with van der Waals surface area (Å²) in [7, 11) is -3.16. The average molecular weight is 382 g/mol. The highest BCUT2D eigenvalue weighted by Crippen LogP contribution is 2.23. The number of amides is 1. The number of halogens is 2. The molecule has 4 nitrogen and oxygen atoms in total. The molecule has 2 aromatic rings. The van der Waals surface area contributed by atoms with E-state index in [9.17, 15) is 17.6 Å². The highest BCUT2D eigenvalue weighted by atomic mass is 35.5. The molecular formula is C18H17ClFNO3S. The second-order valence-electron chi connectivity index (χ2n) is 6.13. The number of rotatable bonds is 4. The van der Waals surface area contributed by atoms with Gasteiger partial charge >= 0.3 is 0 Å². The van der Waals surface area contributed by atoms with Crippen LogP contribution in [0, 0.1) is 5.82 Å². The lowest BCUT2D eigenvalue weighted by molar-refractivity contribution is 0.0680. The Morgan fingerprint density at radius 2 is 1.96 bits per heavy atom. The molecule has 1 amide bonds. The van der Waals surface area contributed by atoms with E-state index in [0.29, 0.717) is 22.6 Å². The van der Waals surface area contributed by atoms with Crippen molar-refractivity contribution >= 4 is 27.3 Å². The maximum atomic E-state index is 13.5. The van der Waals surface area contributed by atoms with Gasteiger partial charge in [0.1, 0.15) is 5.82 Å². The SMILES string of the molecule is O=C(c1cccc(Cl)c1)N(Cc1cccc(F)c1)[C@@H]1CCS(=O)(=O)C1. The molecule has 0 N–H and O–H groups in total. The zero-order valence-corrected chi connectivity index (χ0v) is 14.9. The van der Waals surface area contributed by atoms with Crippen molar-refractivity contribution in [2.45, 2.75) is 19.0 Å². The van der Waals surface area contributed by atoms with Gasteiger partial charge in [-0.2, -0.15) is 0 Å². The quantitative estimate of drug-likeness (QED) is 0.816. The van der Waals surface area contributed by atoms with Gasteiger partial charge in [0.2, 0.25) is 0 Å². The van der Waals surface area contributed by atoms with E-state index >= 15 is 0 Å². The van der Waals surface area contributed by atoms with E-state index in [-0.39, 0.29) is 24.0 Å². The summed E-state index contributed by atoms with van der Waals surface area (Å²) in [6.45, 7) is 0.142. The molecule has 0 aromatic heterocycles. The van der Waals surface area contributed by atoms with Gasteiger partial charge in [-0.05, 0) is 42.3 Å². The molecule has 2 aromatic carbocycles. The van der Waals surface area contributed by atoms with Crippen molar-refractivity contribution in [2.75, 3.05) is 11.5 Å². The molecular weight excluding hydrogens is 365 g/mol. The minimum atomic E-state index is -3.16. The third-order valence-electron chi connectivity index (χ3n) is 4.22. The molecule has 7 heteroatoms. The van der Waals surface area contributed by atoms with Crippen LogP contribution >= 0.6 is 11.6 Å². The van der Waals surface area contributed by atoms with E-state index in [1.807, 2.05) is 0 Å². The summed E-state index contributed by atoms with van der Waals surface area (Å²) in [4.78, 5) is 14.5. The van der Waals surface area contributed by atoms with Gasteiger partial charge in [0.05, 0.1) is 11.5 Å². The predicted molar refractivity (Wildman–Crippen MR) is 94.8 cm³/mol. The van der Waals surface area contributed by atoms with Crippen molar-refractivity contribution in [3.63, 3.8) is 0 Å². The monoisotopic (exact) mass is 381 g/mol. The van der Waals surface area contributed by atoms with Crippen molar-refractivity contribution in [3.8, 4) is 0 Å². The molecule has 0 spiro atoms. The molecule has 0 aliphatic carbocycles. The minimum absolute atomic E-state index is 0.0557. The van der Waals surface area contributed by atoms with Crippen LogP contribution < -0.4 is 0 Å². The molecule has 3 rings (SSSR count). The molecule has 0 unspecified atom stereocenters. The molecule has 25 heavy (non-hydrogen) atoms. The molecule has 1 aliphatic heterocycles. The Morgan fingerprint density at radius 1 is 1.20 bits per heavy atom. The van der Waals surface area contributed by atoms with Crippen LogP contribution in [-0.4, -0.2) is 36.8 Å². The molecule has 0 bridgehead atoms. The molecule has 1 atom stereocenters. The largest absolute Gasteiger partial charge is 0.330 e. The third-order valence-corrected chi connectivity index (χ3v) is 6.21. The molecule has 1 fully saturated rings. The second kappa shape index (κ2) is 7.14. The summed E-state index contributed by atoms with van der Waals surface area (Å²) in [5.74, 6) is -0.727. The van der Waals surface area contributed by atoms with Crippen LogP contribution in [-0.2, 0) is 16.4 Å². The Labute approximate surface area is 151 Å². The first kappa shape index (κ1) is 17.9. The number of nitrogens with zero attached hydrogens (tertiary/aromatic N) is 1.